The Labute approximate surface area is 167 Å². The largest absolute Gasteiger partial charge is 0.454 e. The lowest BCUT2D eigenvalue weighted by Crippen LogP contribution is -2.32. The Hall–Kier alpha value is -3.35. The highest BCUT2D eigenvalue weighted by atomic mass is 19.1. The minimum absolute atomic E-state index is 0.0451. The molecule has 0 unspecified atom stereocenters. The molecule has 1 atom stereocenters. The predicted molar refractivity (Wildman–Crippen MR) is 104 cm³/mol. The zero-order valence-electron chi connectivity index (χ0n) is 15.7. The lowest BCUT2D eigenvalue weighted by Gasteiger charge is -2.24. The summed E-state index contributed by atoms with van der Waals surface area (Å²) in [5, 5.41) is 7.63. The summed E-state index contributed by atoms with van der Waals surface area (Å²) in [6.45, 7) is 0.216. The van der Waals surface area contributed by atoms with Crippen LogP contribution in [0.1, 0.15) is 35.7 Å². The maximum Gasteiger partial charge on any atom is 0.231 e. The molecule has 5 rings (SSSR count). The Morgan fingerprint density at radius 1 is 1.17 bits per heavy atom. The number of nitrogens with one attached hydrogen (secondary N) is 1. The number of amides is 1. The first-order valence-electron chi connectivity index (χ1n) is 9.68. The van der Waals surface area contributed by atoms with Crippen molar-refractivity contribution < 1.29 is 18.7 Å². The van der Waals surface area contributed by atoms with Crippen LogP contribution >= 0.6 is 0 Å². The average Bonchev–Trinajstić information content (AvgIpc) is 3.35. The molecule has 1 aliphatic heterocycles. The Balaban J connectivity index is 1.32. The quantitative estimate of drug-likeness (QED) is 0.737. The van der Waals surface area contributed by atoms with Crippen LogP contribution in [0.3, 0.4) is 0 Å². The van der Waals surface area contributed by atoms with Crippen molar-refractivity contribution in [3.8, 4) is 17.2 Å². The molecule has 7 heteroatoms. The van der Waals surface area contributed by atoms with Crippen molar-refractivity contribution in [2.24, 2.45) is 0 Å². The molecular formula is C22H20FN3O3. The van der Waals surface area contributed by atoms with Crippen molar-refractivity contribution in [1.29, 1.82) is 0 Å². The number of halogens is 1. The van der Waals surface area contributed by atoms with Crippen LogP contribution in [0.25, 0.3) is 5.69 Å². The molecule has 0 saturated carbocycles. The van der Waals surface area contributed by atoms with Crippen LogP contribution in [0.4, 0.5) is 4.39 Å². The summed E-state index contributed by atoms with van der Waals surface area (Å²) < 4.78 is 25.8. The SMILES string of the molecule is O=C(Cc1ccc2c(c1)OCO2)N[C@@H]1CCCc2c1cnn2-c1ccc(F)cc1. The molecule has 1 amide bonds. The molecule has 2 aromatic carbocycles. The molecule has 0 fully saturated rings. The number of benzene rings is 2. The van der Waals surface area contributed by atoms with Crippen LogP contribution in [-0.2, 0) is 17.6 Å². The first-order chi connectivity index (χ1) is 14.2. The standard InChI is InChI=1S/C22H20FN3O3/c23-15-5-7-16(8-6-15)26-19-3-1-2-18(17(19)12-24-26)25-22(27)11-14-4-9-20-21(10-14)29-13-28-20/h4-10,12,18H,1-3,11,13H2,(H,25,27)/t18-/m1/s1. The molecule has 2 aliphatic rings. The van der Waals surface area contributed by atoms with Crippen molar-refractivity contribution >= 4 is 5.91 Å². The van der Waals surface area contributed by atoms with E-state index in [2.05, 4.69) is 10.4 Å². The minimum Gasteiger partial charge on any atom is -0.454 e. The molecule has 1 N–H and O–H groups in total. The maximum absolute atomic E-state index is 13.2. The number of hydrogen-bond donors (Lipinski definition) is 1. The third-order valence-electron chi connectivity index (χ3n) is 5.39. The molecule has 0 saturated heterocycles. The van der Waals surface area contributed by atoms with E-state index in [0.717, 1.165) is 41.8 Å². The molecule has 1 aromatic heterocycles. The summed E-state index contributed by atoms with van der Waals surface area (Å²) in [5.74, 6) is 1.06. The molecule has 3 aromatic rings. The molecular weight excluding hydrogens is 373 g/mol. The predicted octanol–water partition coefficient (Wildman–Crippen LogP) is 3.48. The number of aromatic nitrogens is 2. The van der Waals surface area contributed by atoms with E-state index >= 15 is 0 Å². The number of carbonyl (C=O) groups excluding carboxylic acids is 1. The highest BCUT2D eigenvalue weighted by Crippen LogP contribution is 2.33. The first kappa shape index (κ1) is 17.7. The van der Waals surface area contributed by atoms with Gasteiger partial charge in [0, 0.05) is 11.3 Å². The Bertz CT molecular complexity index is 1060. The van der Waals surface area contributed by atoms with Gasteiger partial charge in [-0.2, -0.15) is 5.10 Å². The zero-order chi connectivity index (χ0) is 19.8. The molecule has 1 aliphatic carbocycles. The number of carbonyl (C=O) groups is 1. The fraction of sp³-hybridized carbons (Fsp3) is 0.273. The normalized spacial score (nSPS) is 17.1. The lowest BCUT2D eigenvalue weighted by molar-refractivity contribution is -0.121. The van der Waals surface area contributed by atoms with Gasteiger partial charge in [-0.05, 0) is 61.2 Å². The van der Waals surface area contributed by atoms with Crippen molar-refractivity contribution in [3.63, 3.8) is 0 Å². The van der Waals surface area contributed by atoms with E-state index in [0.29, 0.717) is 11.5 Å². The molecule has 148 valence electrons. The summed E-state index contributed by atoms with van der Waals surface area (Å²) in [4.78, 5) is 12.7. The zero-order valence-corrected chi connectivity index (χ0v) is 15.7. The van der Waals surface area contributed by atoms with Crippen LogP contribution in [-0.4, -0.2) is 22.5 Å². The molecule has 0 spiro atoms. The first-order valence-corrected chi connectivity index (χ1v) is 9.68. The second-order valence-corrected chi connectivity index (χ2v) is 7.31. The number of ether oxygens (including phenoxy) is 2. The van der Waals surface area contributed by atoms with Crippen LogP contribution in [0.2, 0.25) is 0 Å². The summed E-state index contributed by atoms with van der Waals surface area (Å²) >= 11 is 0. The minimum atomic E-state index is -0.275. The van der Waals surface area contributed by atoms with Crippen LogP contribution in [0, 0.1) is 5.82 Å². The van der Waals surface area contributed by atoms with Crippen molar-refractivity contribution in [2.75, 3.05) is 6.79 Å². The number of fused-ring (bicyclic) bond motifs is 2. The van der Waals surface area contributed by atoms with Gasteiger partial charge in [0.1, 0.15) is 5.82 Å². The summed E-state index contributed by atoms with van der Waals surface area (Å²) in [6, 6.07) is 11.8. The summed E-state index contributed by atoms with van der Waals surface area (Å²) in [5.41, 5.74) is 3.79. The van der Waals surface area contributed by atoms with Crippen LogP contribution in [0.5, 0.6) is 11.5 Å². The van der Waals surface area contributed by atoms with E-state index in [4.69, 9.17) is 9.47 Å². The summed E-state index contributed by atoms with van der Waals surface area (Å²) in [6.07, 6.45) is 4.78. The van der Waals surface area contributed by atoms with Crippen molar-refractivity contribution in [1.82, 2.24) is 15.1 Å². The van der Waals surface area contributed by atoms with E-state index in [1.807, 2.05) is 29.1 Å². The van der Waals surface area contributed by atoms with E-state index in [-0.39, 0.29) is 31.0 Å². The van der Waals surface area contributed by atoms with E-state index in [1.54, 1.807) is 12.1 Å². The van der Waals surface area contributed by atoms with Gasteiger partial charge in [-0.25, -0.2) is 9.07 Å². The molecule has 0 bridgehead atoms. The maximum atomic E-state index is 13.2. The van der Waals surface area contributed by atoms with E-state index < -0.39 is 0 Å². The van der Waals surface area contributed by atoms with Crippen molar-refractivity contribution in [2.45, 2.75) is 31.7 Å². The van der Waals surface area contributed by atoms with Gasteiger partial charge < -0.3 is 14.8 Å². The van der Waals surface area contributed by atoms with Gasteiger partial charge in [-0.15, -0.1) is 0 Å². The average molecular weight is 393 g/mol. The number of rotatable bonds is 4. The number of nitrogens with zero attached hydrogens (tertiary/aromatic N) is 2. The van der Waals surface area contributed by atoms with Crippen LogP contribution < -0.4 is 14.8 Å². The fourth-order valence-electron chi connectivity index (χ4n) is 3.99. The van der Waals surface area contributed by atoms with Gasteiger partial charge >= 0.3 is 0 Å². The lowest BCUT2D eigenvalue weighted by atomic mass is 9.92. The van der Waals surface area contributed by atoms with Gasteiger partial charge in [-0.1, -0.05) is 6.07 Å². The topological polar surface area (TPSA) is 65.4 Å². The van der Waals surface area contributed by atoms with Gasteiger partial charge in [0.2, 0.25) is 12.7 Å². The Kier molecular flexibility index (Phi) is 4.42. The third kappa shape index (κ3) is 3.44. The third-order valence-corrected chi connectivity index (χ3v) is 5.39. The van der Waals surface area contributed by atoms with Gasteiger partial charge in [-0.3, -0.25) is 4.79 Å². The van der Waals surface area contributed by atoms with E-state index in [1.165, 1.54) is 12.1 Å². The van der Waals surface area contributed by atoms with E-state index in [9.17, 15) is 9.18 Å². The highest BCUT2D eigenvalue weighted by molar-refractivity contribution is 5.79. The second-order valence-electron chi connectivity index (χ2n) is 7.31. The monoisotopic (exact) mass is 393 g/mol. The summed E-state index contributed by atoms with van der Waals surface area (Å²) in [7, 11) is 0. The van der Waals surface area contributed by atoms with Gasteiger partial charge in [0.25, 0.3) is 0 Å². The van der Waals surface area contributed by atoms with Crippen LogP contribution in [0.15, 0.2) is 48.7 Å². The van der Waals surface area contributed by atoms with Crippen molar-refractivity contribution in [3.05, 3.63) is 71.3 Å². The second kappa shape index (κ2) is 7.24. The molecule has 6 nitrogen and oxygen atoms in total. The molecule has 29 heavy (non-hydrogen) atoms. The smallest absolute Gasteiger partial charge is 0.231 e. The molecule has 2 heterocycles. The van der Waals surface area contributed by atoms with Gasteiger partial charge in [0.15, 0.2) is 11.5 Å². The van der Waals surface area contributed by atoms with Gasteiger partial charge in [0.05, 0.1) is 24.3 Å². The molecule has 0 radical (unpaired) electrons. The highest BCUT2D eigenvalue weighted by Gasteiger charge is 2.26. The number of hydrogen-bond acceptors (Lipinski definition) is 4. The fourth-order valence-corrected chi connectivity index (χ4v) is 3.99. The Morgan fingerprint density at radius 3 is 2.86 bits per heavy atom. The Morgan fingerprint density at radius 2 is 2.00 bits per heavy atom.